The summed E-state index contributed by atoms with van der Waals surface area (Å²) in [6.45, 7) is 3.40. The van der Waals surface area contributed by atoms with Crippen molar-refractivity contribution < 1.29 is 18.0 Å². The topological polar surface area (TPSA) is 25.2 Å². The predicted octanol–water partition coefficient (Wildman–Crippen LogP) is 7.44. The molecule has 3 rings (SSSR count). The molecule has 1 heterocycles. The molecule has 2 aromatic carbocycles. The third-order valence-electron chi connectivity index (χ3n) is 5.95. The van der Waals surface area contributed by atoms with Gasteiger partial charge >= 0.3 is 6.18 Å². The van der Waals surface area contributed by atoms with E-state index in [1.807, 2.05) is 58.1 Å². The number of carbonyl (C=O) groups excluding carboxylic acids is 1. The van der Waals surface area contributed by atoms with E-state index in [0.29, 0.717) is 31.6 Å². The van der Waals surface area contributed by atoms with Crippen LogP contribution in [0.5, 0.6) is 0 Å². The Labute approximate surface area is 200 Å². The SMILES string of the molecule is CCCCCCCC(=O)N(Cc1ccccc1)Cc1cccn1Cc1cccc(C(F)(F)F)c1. The van der Waals surface area contributed by atoms with Crippen molar-refractivity contribution in [2.24, 2.45) is 0 Å². The van der Waals surface area contributed by atoms with E-state index < -0.39 is 11.7 Å². The molecule has 0 N–H and O–H groups in total. The van der Waals surface area contributed by atoms with Crippen LogP contribution in [0, 0.1) is 0 Å². The van der Waals surface area contributed by atoms with Crippen LogP contribution in [-0.4, -0.2) is 15.4 Å². The van der Waals surface area contributed by atoms with E-state index in [2.05, 4.69) is 6.92 Å². The summed E-state index contributed by atoms with van der Waals surface area (Å²) in [5.41, 5.74) is 1.87. The lowest BCUT2D eigenvalue weighted by molar-refractivity contribution is -0.137. The van der Waals surface area contributed by atoms with Gasteiger partial charge in [-0.25, -0.2) is 0 Å². The molecule has 3 nitrogen and oxygen atoms in total. The van der Waals surface area contributed by atoms with Gasteiger partial charge in [-0.2, -0.15) is 13.2 Å². The molecule has 0 radical (unpaired) electrons. The van der Waals surface area contributed by atoms with Crippen LogP contribution in [0.3, 0.4) is 0 Å². The standard InChI is InChI=1S/C28H33F3N2O/c1-2-3-4-5-9-17-27(34)33(20-23-12-7-6-8-13-23)22-26-16-11-18-32(26)21-24-14-10-15-25(19-24)28(29,30)31/h6-8,10-16,18-19H,2-5,9,17,20-22H2,1H3. The van der Waals surface area contributed by atoms with E-state index in [1.165, 1.54) is 18.6 Å². The van der Waals surface area contributed by atoms with Crippen LogP contribution >= 0.6 is 0 Å². The van der Waals surface area contributed by atoms with E-state index in [4.69, 9.17) is 0 Å². The summed E-state index contributed by atoms with van der Waals surface area (Å²) in [6.07, 6.45) is 3.40. The summed E-state index contributed by atoms with van der Waals surface area (Å²) < 4.78 is 41.3. The number of amides is 1. The molecule has 0 aliphatic rings. The Balaban J connectivity index is 1.72. The Morgan fingerprint density at radius 2 is 1.59 bits per heavy atom. The molecule has 0 unspecified atom stereocenters. The molecule has 0 atom stereocenters. The number of nitrogens with zero attached hydrogens (tertiary/aromatic N) is 2. The van der Waals surface area contributed by atoms with E-state index in [1.54, 1.807) is 6.07 Å². The maximum atomic E-state index is 13.1. The number of hydrogen-bond acceptors (Lipinski definition) is 1. The summed E-state index contributed by atoms with van der Waals surface area (Å²) in [5.74, 6) is 0.104. The Hall–Kier alpha value is -3.02. The molecule has 6 heteroatoms. The molecule has 0 saturated heterocycles. The quantitative estimate of drug-likeness (QED) is 0.253. The zero-order valence-electron chi connectivity index (χ0n) is 19.7. The van der Waals surface area contributed by atoms with Gasteiger partial charge in [0, 0.05) is 31.4 Å². The lowest BCUT2D eigenvalue weighted by atomic mass is 10.1. The Bertz CT molecular complexity index is 1030. The van der Waals surface area contributed by atoms with Crippen molar-refractivity contribution in [1.82, 2.24) is 9.47 Å². The van der Waals surface area contributed by atoms with Crippen LogP contribution in [0.2, 0.25) is 0 Å². The number of benzene rings is 2. The number of hydrogen-bond donors (Lipinski definition) is 0. The molecular weight excluding hydrogens is 437 g/mol. The van der Waals surface area contributed by atoms with E-state index in [9.17, 15) is 18.0 Å². The fourth-order valence-corrected chi connectivity index (χ4v) is 4.06. The Kier molecular flexibility index (Phi) is 9.37. The van der Waals surface area contributed by atoms with Gasteiger partial charge in [0.2, 0.25) is 5.91 Å². The molecule has 0 aliphatic carbocycles. The van der Waals surface area contributed by atoms with Gasteiger partial charge < -0.3 is 9.47 Å². The van der Waals surface area contributed by atoms with Crippen LogP contribution in [-0.2, 0) is 30.6 Å². The summed E-state index contributed by atoms with van der Waals surface area (Å²) in [5, 5.41) is 0. The van der Waals surface area contributed by atoms with E-state index in [-0.39, 0.29) is 5.91 Å². The molecule has 3 aromatic rings. The summed E-state index contributed by atoms with van der Waals surface area (Å²) in [6, 6.07) is 19.1. The first kappa shape index (κ1) is 25.6. The number of rotatable bonds is 12. The van der Waals surface area contributed by atoms with E-state index in [0.717, 1.165) is 43.0 Å². The number of aromatic nitrogens is 1. The number of unbranched alkanes of at least 4 members (excludes halogenated alkanes) is 4. The minimum atomic E-state index is -4.37. The molecule has 0 fully saturated rings. The minimum absolute atomic E-state index is 0.104. The molecule has 0 spiro atoms. The van der Waals surface area contributed by atoms with Crippen molar-refractivity contribution in [1.29, 1.82) is 0 Å². The normalized spacial score (nSPS) is 11.5. The van der Waals surface area contributed by atoms with Gasteiger partial charge in [0.15, 0.2) is 0 Å². The highest BCUT2D eigenvalue weighted by atomic mass is 19.4. The Morgan fingerprint density at radius 1 is 0.853 bits per heavy atom. The monoisotopic (exact) mass is 470 g/mol. The lowest BCUT2D eigenvalue weighted by Crippen LogP contribution is -2.30. The fourth-order valence-electron chi connectivity index (χ4n) is 4.06. The average molecular weight is 471 g/mol. The molecule has 182 valence electrons. The summed E-state index contributed by atoms with van der Waals surface area (Å²) >= 11 is 0. The second-order valence-corrected chi connectivity index (χ2v) is 8.73. The number of halogens is 3. The number of alkyl halides is 3. The first-order chi connectivity index (χ1) is 16.4. The van der Waals surface area contributed by atoms with Crippen molar-refractivity contribution in [3.05, 3.63) is 95.3 Å². The van der Waals surface area contributed by atoms with Crippen LogP contribution in [0.4, 0.5) is 13.2 Å². The van der Waals surface area contributed by atoms with Gasteiger partial charge in [-0.1, -0.05) is 75.1 Å². The van der Waals surface area contributed by atoms with Gasteiger partial charge in [0.1, 0.15) is 0 Å². The summed E-state index contributed by atoms with van der Waals surface area (Å²) in [4.78, 5) is 15.0. The zero-order chi connectivity index (χ0) is 24.4. The van der Waals surface area contributed by atoms with Gasteiger partial charge in [0.25, 0.3) is 0 Å². The highest BCUT2D eigenvalue weighted by Gasteiger charge is 2.30. The van der Waals surface area contributed by atoms with Gasteiger partial charge in [-0.3, -0.25) is 4.79 Å². The van der Waals surface area contributed by atoms with Crippen molar-refractivity contribution in [3.8, 4) is 0 Å². The molecular formula is C28H33F3N2O. The maximum Gasteiger partial charge on any atom is 0.416 e. The van der Waals surface area contributed by atoms with Crippen molar-refractivity contribution in [2.75, 3.05) is 0 Å². The molecule has 1 aromatic heterocycles. The van der Waals surface area contributed by atoms with Gasteiger partial charge in [-0.05, 0) is 41.8 Å². The highest BCUT2D eigenvalue weighted by Crippen LogP contribution is 2.29. The molecule has 34 heavy (non-hydrogen) atoms. The molecule has 0 aliphatic heterocycles. The van der Waals surface area contributed by atoms with Crippen LogP contribution in [0.15, 0.2) is 72.9 Å². The van der Waals surface area contributed by atoms with Crippen LogP contribution in [0.25, 0.3) is 0 Å². The maximum absolute atomic E-state index is 13.1. The second kappa shape index (κ2) is 12.4. The van der Waals surface area contributed by atoms with Crippen molar-refractivity contribution in [2.45, 2.75) is 71.3 Å². The second-order valence-electron chi connectivity index (χ2n) is 8.73. The molecule has 0 saturated carbocycles. The zero-order valence-corrected chi connectivity index (χ0v) is 19.7. The smallest absolute Gasteiger partial charge is 0.345 e. The average Bonchev–Trinajstić information content (AvgIpc) is 3.25. The first-order valence-electron chi connectivity index (χ1n) is 12.0. The van der Waals surface area contributed by atoms with E-state index >= 15 is 0 Å². The predicted molar refractivity (Wildman–Crippen MR) is 129 cm³/mol. The van der Waals surface area contributed by atoms with Crippen LogP contribution < -0.4 is 0 Å². The first-order valence-corrected chi connectivity index (χ1v) is 12.0. The minimum Gasteiger partial charge on any atom is -0.345 e. The summed E-state index contributed by atoms with van der Waals surface area (Å²) in [7, 11) is 0. The highest BCUT2D eigenvalue weighted by molar-refractivity contribution is 5.76. The largest absolute Gasteiger partial charge is 0.416 e. The Morgan fingerprint density at radius 3 is 2.32 bits per heavy atom. The van der Waals surface area contributed by atoms with Gasteiger partial charge in [0.05, 0.1) is 12.1 Å². The molecule has 1 amide bonds. The van der Waals surface area contributed by atoms with Crippen LogP contribution in [0.1, 0.15) is 67.8 Å². The van der Waals surface area contributed by atoms with Crippen molar-refractivity contribution >= 4 is 5.91 Å². The number of carbonyl (C=O) groups is 1. The third kappa shape index (κ3) is 7.79. The fraction of sp³-hybridized carbons (Fsp3) is 0.393. The third-order valence-corrected chi connectivity index (χ3v) is 5.95. The van der Waals surface area contributed by atoms with Crippen molar-refractivity contribution in [3.63, 3.8) is 0 Å². The molecule has 0 bridgehead atoms. The lowest BCUT2D eigenvalue weighted by Gasteiger charge is -2.24. The van der Waals surface area contributed by atoms with Gasteiger partial charge in [-0.15, -0.1) is 0 Å².